The fourth-order valence-electron chi connectivity index (χ4n) is 2.23. The molecule has 0 aromatic heterocycles. The highest BCUT2D eigenvalue weighted by molar-refractivity contribution is 5.80. The van der Waals surface area contributed by atoms with Gasteiger partial charge in [-0.15, -0.1) is 0 Å². The summed E-state index contributed by atoms with van der Waals surface area (Å²) >= 11 is 0. The molecule has 0 amide bonds. The van der Waals surface area contributed by atoms with E-state index in [1.165, 1.54) is 0 Å². The van der Waals surface area contributed by atoms with Crippen LogP contribution >= 0.6 is 0 Å². The molecule has 1 rings (SSSR count). The van der Waals surface area contributed by atoms with E-state index in [-0.39, 0.29) is 18.5 Å². The van der Waals surface area contributed by atoms with Crippen molar-refractivity contribution in [2.75, 3.05) is 40.5 Å². The third-order valence-corrected chi connectivity index (χ3v) is 3.77. The molecule has 0 spiro atoms. The molecule has 0 saturated heterocycles. The summed E-state index contributed by atoms with van der Waals surface area (Å²) in [5, 5.41) is 8.74. The second-order valence-corrected chi connectivity index (χ2v) is 6.45. The molecule has 0 saturated carbocycles. The maximum Gasteiger partial charge on any atom is 0.183 e. The minimum atomic E-state index is -0.497. The number of aliphatic hydroxyl groups excluding tert-OH is 1. The Labute approximate surface area is 162 Å². The lowest BCUT2D eigenvalue weighted by atomic mass is 10.0. The van der Waals surface area contributed by atoms with Crippen molar-refractivity contribution >= 4 is 5.78 Å². The molecular formula is C22H31NO4. The van der Waals surface area contributed by atoms with Crippen LogP contribution in [0.25, 0.3) is 0 Å². The number of Topliss-reactive ketones (excluding diaryl/α,β-unsaturated/α-hetero) is 1. The second kappa shape index (κ2) is 13.0. The molecule has 1 atom stereocenters. The van der Waals surface area contributed by atoms with Gasteiger partial charge in [0.05, 0.1) is 6.10 Å². The van der Waals surface area contributed by atoms with E-state index in [0.29, 0.717) is 6.61 Å². The molecule has 0 radical (unpaired) electrons. The van der Waals surface area contributed by atoms with Crippen molar-refractivity contribution in [2.45, 2.75) is 19.4 Å². The number of rotatable bonds is 12. The van der Waals surface area contributed by atoms with E-state index in [1.54, 1.807) is 6.08 Å². The van der Waals surface area contributed by atoms with E-state index in [4.69, 9.17) is 14.6 Å². The highest BCUT2D eigenvalue weighted by atomic mass is 16.5. The number of carbonyl (C=O) groups excluding carboxylic acids is 1. The van der Waals surface area contributed by atoms with Gasteiger partial charge >= 0.3 is 0 Å². The Balaban J connectivity index is 2.75. The number of ether oxygens (including phenoxy) is 2. The highest BCUT2D eigenvalue weighted by Crippen LogP contribution is 2.21. The first kappa shape index (κ1) is 22.8. The summed E-state index contributed by atoms with van der Waals surface area (Å²) in [6.45, 7) is 6.55. The first-order chi connectivity index (χ1) is 13.0. The fraction of sp³-hybridized carbons (Fsp3) is 0.409. The molecule has 0 heterocycles. The highest BCUT2D eigenvalue weighted by Gasteiger charge is 2.06. The summed E-state index contributed by atoms with van der Waals surface area (Å²) in [6.07, 6.45) is 16.1. The van der Waals surface area contributed by atoms with Gasteiger partial charge in [-0.2, -0.15) is 0 Å². The van der Waals surface area contributed by atoms with Crippen molar-refractivity contribution in [1.29, 1.82) is 0 Å². The van der Waals surface area contributed by atoms with E-state index in [0.717, 1.165) is 29.9 Å². The zero-order valence-corrected chi connectivity index (χ0v) is 16.6. The molecule has 5 heteroatoms. The maximum atomic E-state index is 11.1. The SMILES string of the molecule is C=C/C=C(\C=C/C(C)OCC(=O)CO)C1=CC=C(OCCN(C)C)C=CC1. The Hall–Kier alpha value is -2.21. The van der Waals surface area contributed by atoms with Gasteiger partial charge in [0.15, 0.2) is 5.78 Å². The largest absolute Gasteiger partial charge is 0.492 e. The van der Waals surface area contributed by atoms with Gasteiger partial charge in [0.2, 0.25) is 0 Å². The van der Waals surface area contributed by atoms with Crippen molar-refractivity contribution in [3.63, 3.8) is 0 Å². The van der Waals surface area contributed by atoms with Crippen LogP contribution in [-0.4, -0.2) is 62.4 Å². The first-order valence-corrected chi connectivity index (χ1v) is 9.06. The average molecular weight is 373 g/mol. The number of allylic oxidation sites excluding steroid dienone is 9. The number of likely N-dealkylation sites (N-methyl/N-ethyl adjacent to an activating group) is 1. The lowest BCUT2D eigenvalue weighted by molar-refractivity contribution is -0.127. The molecular weight excluding hydrogens is 342 g/mol. The van der Waals surface area contributed by atoms with Crippen LogP contribution in [0.3, 0.4) is 0 Å². The van der Waals surface area contributed by atoms with Crippen LogP contribution in [0.2, 0.25) is 0 Å². The average Bonchev–Trinajstić information content (AvgIpc) is 2.88. The summed E-state index contributed by atoms with van der Waals surface area (Å²) in [6, 6.07) is 0. The van der Waals surface area contributed by atoms with Gasteiger partial charge in [0.1, 0.15) is 25.6 Å². The van der Waals surface area contributed by atoms with Gasteiger partial charge in [-0.3, -0.25) is 4.79 Å². The van der Waals surface area contributed by atoms with Gasteiger partial charge in [-0.25, -0.2) is 0 Å². The number of nitrogens with zero attached hydrogens (tertiary/aromatic N) is 1. The number of hydrogen-bond donors (Lipinski definition) is 1. The summed E-state index contributed by atoms with van der Waals surface area (Å²) in [4.78, 5) is 13.2. The summed E-state index contributed by atoms with van der Waals surface area (Å²) in [5.74, 6) is 0.508. The van der Waals surface area contributed by atoms with E-state index in [9.17, 15) is 4.79 Å². The molecule has 0 fully saturated rings. The Morgan fingerprint density at radius 1 is 1.41 bits per heavy atom. The van der Waals surface area contributed by atoms with Crippen LogP contribution in [-0.2, 0) is 14.3 Å². The van der Waals surface area contributed by atoms with E-state index in [1.807, 2.05) is 57.5 Å². The molecule has 0 aliphatic heterocycles. The van der Waals surface area contributed by atoms with Crippen LogP contribution in [0.1, 0.15) is 13.3 Å². The van der Waals surface area contributed by atoms with Crippen LogP contribution < -0.4 is 0 Å². The summed E-state index contributed by atoms with van der Waals surface area (Å²) in [7, 11) is 4.03. The van der Waals surface area contributed by atoms with Crippen molar-refractivity contribution < 1.29 is 19.4 Å². The Morgan fingerprint density at radius 2 is 2.19 bits per heavy atom. The maximum absolute atomic E-state index is 11.1. The number of ketones is 1. The van der Waals surface area contributed by atoms with E-state index in [2.05, 4.69) is 17.6 Å². The molecule has 0 aromatic carbocycles. The Morgan fingerprint density at radius 3 is 2.85 bits per heavy atom. The fourth-order valence-corrected chi connectivity index (χ4v) is 2.23. The molecule has 0 aromatic rings. The molecule has 1 unspecified atom stereocenters. The smallest absolute Gasteiger partial charge is 0.183 e. The second-order valence-electron chi connectivity index (χ2n) is 6.45. The number of aliphatic hydroxyl groups is 1. The minimum Gasteiger partial charge on any atom is -0.492 e. The molecule has 1 N–H and O–H groups in total. The van der Waals surface area contributed by atoms with E-state index >= 15 is 0 Å². The number of carbonyl (C=O) groups is 1. The van der Waals surface area contributed by atoms with Gasteiger partial charge in [-0.05, 0) is 50.7 Å². The zero-order valence-electron chi connectivity index (χ0n) is 16.6. The summed E-state index contributed by atoms with van der Waals surface area (Å²) < 4.78 is 11.2. The third-order valence-electron chi connectivity index (χ3n) is 3.77. The molecule has 0 bridgehead atoms. The van der Waals surface area contributed by atoms with Crippen LogP contribution in [0.5, 0.6) is 0 Å². The topological polar surface area (TPSA) is 59.0 Å². The molecule has 1 aliphatic rings. The van der Waals surface area contributed by atoms with Gasteiger partial charge in [0.25, 0.3) is 0 Å². The first-order valence-electron chi connectivity index (χ1n) is 9.06. The number of hydrogen-bond acceptors (Lipinski definition) is 5. The van der Waals surface area contributed by atoms with Gasteiger partial charge in [-0.1, -0.05) is 43.0 Å². The van der Waals surface area contributed by atoms with Crippen molar-refractivity contribution in [1.82, 2.24) is 4.90 Å². The lowest BCUT2D eigenvalue weighted by Crippen LogP contribution is -2.17. The third kappa shape index (κ3) is 9.89. The zero-order chi connectivity index (χ0) is 20.1. The van der Waals surface area contributed by atoms with Crippen LogP contribution in [0, 0.1) is 0 Å². The molecule has 27 heavy (non-hydrogen) atoms. The Kier molecular flexibility index (Phi) is 11.0. The summed E-state index contributed by atoms with van der Waals surface area (Å²) in [5.41, 5.74) is 2.15. The van der Waals surface area contributed by atoms with Crippen LogP contribution in [0.4, 0.5) is 0 Å². The van der Waals surface area contributed by atoms with Crippen molar-refractivity contribution in [2.24, 2.45) is 0 Å². The standard InChI is InChI=1S/C22H31NO4/c1-5-7-19(11-10-18(2)27-17-21(25)16-24)20-8-6-9-22(13-12-20)26-15-14-23(3)4/h5-7,9-13,18,24H,1,8,14-17H2,2-4H3/b11-10-,19-7+. The quantitative estimate of drug-likeness (QED) is 0.533. The Bertz CT molecular complexity index is 639. The van der Waals surface area contributed by atoms with Gasteiger partial charge in [0, 0.05) is 6.54 Å². The molecule has 5 nitrogen and oxygen atoms in total. The van der Waals surface area contributed by atoms with Gasteiger partial charge < -0.3 is 19.5 Å². The molecule has 1 aliphatic carbocycles. The van der Waals surface area contributed by atoms with Crippen molar-refractivity contribution in [3.8, 4) is 0 Å². The monoisotopic (exact) mass is 373 g/mol. The van der Waals surface area contributed by atoms with Crippen molar-refractivity contribution in [3.05, 3.63) is 72.1 Å². The minimum absolute atomic E-state index is 0.0929. The predicted molar refractivity (Wildman–Crippen MR) is 109 cm³/mol. The van der Waals surface area contributed by atoms with E-state index < -0.39 is 6.61 Å². The molecule has 148 valence electrons. The normalized spacial score (nSPS) is 16.1. The lowest BCUT2D eigenvalue weighted by Gasteiger charge is -2.10. The predicted octanol–water partition coefficient (Wildman–Crippen LogP) is 2.97. The van der Waals surface area contributed by atoms with Crippen LogP contribution in [0.15, 0.2) is 72.1 Å².